The number of hydrogen-bond acceptors (Lipinski definition) is 5. The number of methoxy groups -OCH3 is 1. The van der Waals surface area contributed by atoms with Crippen LogP contribution in [-0.2, 0) is 0 Å². The van der Waals surface area contributed by atoms with Crippen molar-refractivity contribution in [2.24, 2.45) is 0 Å². The summed E-state index contributed by atoms with van der Waals surface area (Å²) in [6.07, 6.45) is 0.578. The second-order valence-electron chi connectivity index (χ2n) is 6.66. The Labute approximate surface area is 168 Å². The van der Waals surface area contributed by atoms with Crippen molar-refractivity contribution < 1.29 is 19.3 Å². The molecule has 1 aliphatic carbocycles. The van der Waals surface area contributed by atoms with E-state index in [0.29, 0.717) is 31.1 Å². The Morgan fingerprint density at radius 3 is 2.69 bits per heavy atom. The first kappa shape index (κ1) is 19.0. The molecule has 0 aromatic heterocycles. The van der Waals surface area contributed by atoms with Gasteiger partial charge in [-0.3, -0.25) is 10.2 Å². The number of ether oxygens (including phenoxy) is 3. The minimum Gasteiger partial charge on any atom is -0.497 e. The number of H-pyrrole nitrogens is 2. The number of aromatic amines is 2. The molecule has 4 rings (SSSR count). The first-order chi connectivity index (χ1) is 14.2. The van der Waals surface area contributed by atoms with Gasteiger partial charge in [0, 0.05) is 35.7 Å². The Morgan fingerprint density at radius 2 is 1.90 bits per heavy atom. The van der Waals surface area contributed by atoms with Crippen LogP contribution in [0.4, 0.5) is 11.5 Å². The lowest BCUT2D eigenvalue weighted by atomic mass is 10.2. The Balaban J connectivity index is 1.68. The molecule has 7 nitrogen and oxygen atoms in total. The molecule has 0 bridgehead atoms. The molecule has 0 unspecified atom stereocenters. The smallest absolute Gasteiger partial charge is 0.161 e. The third-order valence-corrected chi connectivity index (χ3v) is 4.74. The Kier molecular flexibility index (Phi) is 5.48. The number of nitrogens with one attached hydrogen (secondary N) is 3. The van der Waals surface area contributed by atoms with Crippen LogP contribution in [0.25, 0.3) is 22.0 Å². The summed E-state index contributed by atoms with van der Waals surface area (Å²) in [6, 6.07) is 13.9. The fourth-order valence-electron chi connectivity index (χ4n) is 3.38. The highest BCUT2D eigenvalue weighted by Crippen LogP contribution is 2.43. The summed E-state index contributed by atoms with van der Waals surface area (Å²) in [5.74, 6) is 3.04. The van der Waals surface area contributed by atoms with Crippen molar-refractivity contribution in [3.05, 3.63) is 42.5 Å². The van der Waals surface area contributed by atoms with Gasteiger partial charge in [0.25, 0.3) is 0 Å². The van der Waals surface area contributed by atoms with Gasteiger partial charge in [0.15, 0.2) is 11.5 Å². The number of aliphatic hydroxyl groups excluding tert-OH is 1. The van der Waals surface area contributed by atoms with Crippen molar-refractivity contribution in [1.82, 2.24) is 10.2 Å². The molecule has 2 aromatic rings. The molecule has 1 heterocycles. The fourth-order valence-corrected chi connectivity index (χ4v) is 3.38. The van der Waals surface area contributed by atoms with Crippen LogP contribution in [0.15, 0.2) is 42.5 Å². The van der Waals surface area contributed by atoms with Gasteiger partial charge < -0.3 is 24.6 Å². The maximum Gasteiger partial charge on any atom is 0.161 e. The Hall–Kier alpha value is -3.32. The molecule has 2 aliphatic rings. The Bertz CT molecular complexity index is 1070. The molecule has 2 aromatic carbocycles. The van der Waals surface area contributed by atoms with Gasteiger partial charge in [0.1, 0.15) is 11.6 Å². The first-order valence-electron chi connectivity index (χ1n) is 9.67. The van der Waals surface area contributed by atoms with Crippen LogP contribution >= 0.6 is 0 Å². The second-order valence-corrected chi connectivity index (χ2v) is 6.66. The monoisotopic (exact) mass is 395 g/mol. The standard InChI is InChI=1S/C22H25N3O4/c1-3-28-20-13-17-14(11-19(20)29-9-5-8-26)10-18-21(17)24-25-22(18)23-15-6-4-7-16(12-15)27-2/h4,6-7,10-13,23-26H,3,5,8-9H2,1-2H3. The maximum absolute atomic E-state index is 9.01. The fraction of sp³-hybridized carbons (Fsp3) is 0.273. The van der Waals surface area contributed by atoms with Crippen molar-refractivity contribution in [2.75, 3.05) is 32.2 Å². The van der Waals surface area contributed by atoms with E-state index < -0.39 is 0 Å². The van der Waals surface area contributed by atoms with Crippen LogP contribution in [0.1, 0.15) is 13.3 Å². The number of fused-ring (bicyclic) bond motifs is 3. The van der Waals surface area contributed by atoms with Crippen LogP contribution in [-0.4, -0.2) is 42.2 Å². The molecule has 7 heteroatoms. The molecule has 0 fully saturated rings. The van der Waals surface area contributed by atoms with Crippen LogP contribution in [0.2, 0.25) is 0 Å². The number of aromatic nitrogens is 2. The van der Waals surface area contributed by atoms with Crippen LogP contribution in [0.3, 0.4) is 0 Å². The highest BCUT2D eigenvalue weighted by molar-refractivity contribution is 6.05. The van der Waals surface area contributed by atoms with Gasteiger partial charge >= 0.3 is 0 Å². The van der Waals surface area contributed by atoms with Crippen molar-refractivity contribution in [3.63, 3.8) is 0 Å². The summed E-state index contributed by atoms with van der Waals surface area (Å²) in [4.78, 5) is 0. The molecule has 1 aliphatic heterocycles. The van der Waals surface area contributed by atoms with E-state index in [2.05, 4.69) is 21.6 Å². The van der Waals surface area contributed by atoms with E-state index >= 15 is 0 Å². The van der Waals surface area contributed by atoms with E-state index in [-0.39, 0.29) is 6.61 Å². The molecule has 152 valence electrons. The van der Waals surface area contributed by atoms with Crippen molar-refractivity contribution in [2.45, 2.75) is 13.3 Å². The SMILES string of the molecule is CCOc1cc2c3[nH][nH]c(Nc4cccc(OC)c4)c-3cc2cc1OCCCO. The largest absolute Gasteiger partial charge is 0.497 e. The summed E-state index contributed by atoms with van der Waals surface area (Å²) in [6.45, 7) is 3.03. The van der Waals surface area contributed by atoms with Crippen LogP contribution in [0.5, 0.6) is 17.2 Å². The maximum atomic E-state index is 9.01. The number of hydrogen-bond donors (Lipinski definition) is 4. The van der Waals surface area contributed by atoms with E-state index in [0.717, 1.165) is 39.3 Å². The average Bonchev–Trinajstić information content (AvgIpc) is 3.28. The van der Waals surface area contributed by atoms with Gasteiger partial charge in [-0.1, -0.05) is 6.07 Å². The van der Waals surface area contributed by atoms with Crippen LogP contribution in [0, 0.1) is 0 Å². The molecular weight excluding hydrogens is 370 g/mol. The third-order valence-electron chi connectivity index (χ3n) is 4.74. The summed E-state index contributed by atoms with van der Waals surface area (Å²) < 4.78 is 16.9. The van der Waals surface area contributed by atoms with Gasteiger partial charge in [0.2, 0.25) is 0 Å². The lowest BCUT2D eigenvalue weighted by Crippen LogP contribution is -2.02. The minimum atomic E-state index is 0.0980. The molecule has 0 saturated carbocycles. The Morgan fingerprint density at radius 1 is 1.03 bits per heavy atom. The zero-order valence-electron chi connectivity index (χ0n) is 16.5. The van der Waals surface area contributed by atoms with Gasteiger partial charge in [0.05, 0.1) is 26.0 Å². The van der Waals surface area contributed by atoms with E-state index in [9.17, 15) is 0 Å². The summed E-state index contributed by atoms with van der Waals surface area (Å²) >= 11 is 0. The third kappa shape index (κ3) is 3.82. The molecule has 4 N–H and O–H groups in total. The molecule has 0 atom stereocenters. The van der Waals surface area contributed by atoms with E-state index in [4.69, 9.17) is 19.3 Å². The molecule has 0 saturated heterocycles. The molecule has 0 amide bonds. The zero-order chi connectivity index (χ0) is 20.2. The van der Waals surface area contributed by atoms with E-state index in [1.165, 1.54) is 0 Å². The lowest BCUT2D eigenvalue weighted by Gasteiger charge is -2.12. The van der Waals surface area contributed by atoms with Gasteiger partial charge in [-0.05, 0) is 42.6 Å². The lowest BCUT2D eigenvalue weighted by molar-refractivity contribution is 0.225. The number of aliphatic hydroxyl groups is 1. The molecule has 0 radical (unpaired) electrons. The first-order valence-corrected chi connectivity index (χ1v) is 9.67. The van der Waals surface area contributed by atoms with Gasteiger partial charge in [-0.25, -0.2) is 0 Å². The topological polar surface area (TPSA) is 91.5 Å². The summed E-state index contributed by atoms with van der Waals surface area (Å²) in [5.41, 5.74) is 2.96. The van der Waals surface area contributed by atoms with Gasteiger partial charge in [-0.15, -0.1) is 0 Å². The molecule has 29 heavy (non-hydrogen) atoms. The van der Waals surface area contributed by atoms with Crippen molar-refractivity contribution >= 4 is 22.3 Å². The quantitative estimate of drug-likeness (QED) is 0.313. The average molecular weight is 395 g/mol. The van der Waals surface area contributed by atoms with Crippen molar-refractivity contribution in [1.29, 1.82) is 0 Å². The predicted molar refractivity (Wildman–Crippen MR) is 114 cm³/mol. The normalized spacial score (nSPS) is 11.1. The number of benzene rings is 2. The summed E-state index contributed by atoms with van der Waals surface area (Å²) in [5, 5.41) is 21.0. The van der Waals surface area contributed by atoms with Gasteiger partial charge in [-0.2, -0.15) is 0 Å². The highest BCUT2D eigenvalue weighted by atomic mass is 16.5. The number of rotatable bonds is 9. The predicted octanol–water partition coefficient (Wildman–Crippen LogP) is 4.51. The number of anilines is 2. The summed E-state index contributed by atoms with van der Waals surface area (Å²) in [7, 11) is 1.65. The highest BCUT2D eigenvalue weighted by Gasteiger charge is 2.20. The van der Waals surface area contributed by atoms with Crippen molar-refractivity contribution in [3.8, 4) is 28.5 Å². The van der Waals surface area contributed by atoms with E-state index in [1.54, 1.807) is 7.11 Å². The molecular formula is C22H25N3O4. The molecule has 0 spiro atoms. The minimum absolute atomic E-state index is 0.0980. The second kappa shape index (κ2) is 8.36. The zero-order valence-corrected chi connectivity index (χ0v) is 16.5. The van der Waals surface area contributed by atoms with Crippen LogP contribution < -0.4 is 19.5 Å². The van der Waals surface area contributed by atoms with E-state index in [1.807, 2.05) is 43.3 Å².